The van der Waals surface area contributed by atoms with E-state index in [0.717, 1.165) is 19.5 Å². The monoisotopic (exact) mass is 304 g/mol. The molecule has 22 heavy (non-hydrogen) atoms. The first-order valence-electron chi connectivity index (χ1n) is 9.37. The Balaban J connectivity index is 2.21. The zero-order chi connectivity index (χ0) is 15.9. The Bertz CT molecular complexity index is 337. The van der Waals surface area contributed by atoms with Crippen LogP contribution in [-0.2, 0) is 0 Å². The molecular formula is C20H36N2. The van der Waals surface area contributed by atoms with Crippen molar-refractivity contribution in [3.05, 3.63) is 35.9 Å². The van der Waals surface area contributed by atoms with Gasteiger partial charge in [0, 0.05) is 6.04 Å². The summed E-state index contributed by atoms with van der Waals surface area (Å²) in [7, 11) is 0. The first-order chi connectivity index (χ1) is 10.9. The Morgan fingerprint density at radius 1 is 0.864 bits per heavy atom. The van der Waals surface area contributed by atoms with Crippen LogP contribution < -0.4 is 11.1 Å². The van der Waals surface area contributed by atoms with Gasteiger partial charge < -0.3 is 11.1 Å². The van der Waals surface area contributed by atoms with Gasteiger partial charge in [0.15, 0.2) is 0 Å². The van der Waals surface area contributed by atoms with Crippen LogP contribution in [0.25, 0.3) is 0 Å². The van der Waals surface area contributed by atoms with Crippen molar-refractivity contribution in [2.75, 3.05) is 13.1 Å². The summed E-state index contributed by atoms with van der Waals surface area (Å²) in [6.07, 6.45) is 13.4. The SMILES string of the molecule is CCCCCCCCCCC(NCCCN)c1ccccc1. The molecule has 1 aromatic rings. The fourth-order valence-electron chi connectivity index (χ4n) is 2.93. The van der Waals surface area contributed by atoms with E-state index in [1.807, 2.05) is 0 Å². The predicted molar refractivity (Wildman–Crippen MR) is 98.1 cm³/mol. The average molecular weight is 305 g/mol. The molecule has 0 saturated carbocycles. The van der Waals surface area contributed by atoms with Crippen LogP contribution in [-0.4, -0.2) is 13.1 Å². The molecule has 126 valence electrons. The zero-order valence-electron chi connectivity index (χ0n) is 14.5. The summed E-state index contributed by atoms with van der Waals surface area (Å²) in [5, 5.41) is 3.68. The number of benzene rings is 1. The Hall–Kier alpha value is -0.860. The lowest BCUT2D eigenvalue weighted by Crippen LogP contribution is -2.24. The molecule has 2 heteroatoms. The number of hydrogen-bond acceptors (Lipinski definition) is 2. The van der Waals surface area contributed by atoms with E-state index in [4.69, 9.17) is 5.73 Å². The number of rotatable bonds is 14. The van der Waals surface area contributed by atoms with Crippen LogP contribution >= 0.6 is 0 Å². The van der Waals surface area contributed by atoms with Crippen molar-refractivity contribution in [3.63, 3.8) is 0 Å². The Morgan fingerprint density at radius 3 is 2.14 bits per heavy atom. The highest BCUT2D eigenvalue weighted by atomic mass is 14.9. The third-order valence-corrected chi connectivity index (χ3v) is 4.32. The molecule has 0 spiro atoms. The summed E-state index contributed by atoms with van der Waals surface area (Å²) in [6.45, 7) is 4.07. The van der Waals surface area contributed by atoms with Crippen LogP contribution in [0.1, 0.15) is 82.7 Å². The molecule has 0 aromatic heterocycles. The second-order valence-electron chi connectivity index (χ2n) is 6.32. The topological polar surface area (TPSA) is 38.0 Å². The normalized spacial score (nSPS) is 12.5. The predicted octanol–water partition coefficient (Wildman–Crippen LogP) is 5.20. The van der Waals surface area contributed by atoms with E-state index in [1.165, 1.54) is 63.4 Å². The molecule has 0 radical (unpaired) electrons. The van der Waals surface area contributed by atoms with E-state index in [1.54, 1.807) is 0 Å². The molecule has 1 unspecified atom stereocenters. The maximum Gasteiger partial charge on any atom is 0.0320 e. The van der Waals surface area contributed by atoms with Crippen molar-refractivity contribution in [2.45, 2.75) is 77.2 Å². The summed E-state index contributed by atoms with van der Waals surface area (Å²) < 4.78 is 0. The van der Waals surface area contributed by atoms with Crippen LogP contribution in [0.15, 0.2) is 30.3 Å². The third-order valence-electron chi connectivity index (χ3n) is 4.32. The molecule has 2 nitrogen and oxygen atoms in total. The molecule has 0 aliphatic carbocycles. The highest BCUT2D eigenvalue weighted by Crippen LogP contribution is 2.20. The maximum atomic E-state index is 5.60. The second kappa shape index (κ2) is 13.8. The summed E-state index contributed by atoms with van der Waals surface area (Å²) in [6, 6.07) is 11.3. The van der Waals surface area contributed by atoms with Crippen molar-refractivity contribution in [2.24, 2.45) is 5.73 Å². The van der Waals surface area contributed by atoms with E-state index in [-0.39, 0.29) is 0 Å². The average Bonchev–Trinajstić information content (AvgIpc) is 2.56. The third kappa shape index (κ3) is 9.22. The molecule has 1 atom stereocenters. The van der Waals surface area contributed by atoms with Gasteiger partial charge in [-0.1, -0.05) is 88.6 Å². The van der Waals surface area contributed by atoms with Gasteiger partial charge in [-0.05, 0) is 31.5 Å². The van der Waals surface area contributed by atoms with Crippen molar-refractivity contribution in [1.82, 2.24) is 5.32 Å². The first-order valence-corrected chi connectivity index (χ1v) is 9.37. The molecule has 0 saturated heterocycles. The molecular weight excluding hydrogens is 268 g/mol. The minimum atomic E-state index is 0.493. The summed E-state index contributed by atoms with van der Waals surface area (Å²) in [5.41, 5.74) is 7.02. The van der Waals surface area contributed by atoms with Crippen LogP contribution in [0, 0.1) is 0 Å². The Labute approximate surface area is 137 Å². The Morgan fingerprint density at radius 2 is 1.50 bits per heavy atom. The quantitative estimate of drug-likeness (QED) is 0.464. The molecule has 0 amide bonds. The molecule has 0 aliphatic rings. The van der Waals surface area contributed by atoms with Gasteiger partial charge in [-0.2, -0.15) is 0 Å². The van der Waals surface area contributed by atoms with Crippen LogP contribution in [0.3, 0.4) is 0 Å². The largest absolute Gasteiger partial charge is 0.330 e. The number of unbranched alkanes of at least 4 members (excludes halogenated alkanes) is 7. The zero-order valence-corrected chi connectivity index (χ0v) is 14.5. The summed E-state index contributed by atoms with van der Waals surface area (Å²) >= 11 is 0. The lowest BCUT2D eigenvalue weighted by atomic mass is 9.99. The van der Waals surface area contributed by atoms with Gasteiger partial charge in [-0.3, -0.25) is 0 Å². The van der Waals surface area contributed by atoms with Gasteiger partial charge in [-0.25, -0.2) is 0 Å². The van der Waals surface area contributed by atoms with Gasteiger partial charge >= 0.3 is 0 Å². The molecule has 0 fully saturated rings. The maximum absolute atomic E-state index is 5.60. The van der Waals surface area contributed by atoms with Crippen LogP contribution in [0.4, 0.5) is 0 Å². The molecule has 1 aromatic carbocycles. The van der Waals surface area contributed by atoms with Crippen molar-refractivity contribution < 1.29 is 0 Å². The highest BCUT2D eigenvalue weighted by Gasteiger charge is 2.09. The van der Waals surface area contributed by atoms with Crippen molar-refractivity contribution in [3.8, 4) is 0 Å². The molecule has 3 N–H and O–H groups in total. The highest BCUT2D eigenvalue weighted by molar-refractivity contribution is 5.18. The van der Waals surface area contributed by atoms with Gasteiger partial charge in [0.05, 0.1) is 0 Å². The minimum absolute atomic E-state index is 0.493. The molecule has 0 aliphatic heterocycles. The van der Waals surface area contributed by atoms with Gasteiger partial charge in [-0.15, -0.1) is 0 Å². The fraction of sp³-hybridized carbons (Fsp3) is 0.700. The van der Waals surface area contributed by atoms with Crippen molar-refractivity contribution in [1.29, 1.82) is 0 Å². The van der Waals surface area contributed by atoms with Crippen molar-refractivity contribution >= 4 is 0 Å². The first kappa shape index (κ1) is 19.2. The lowest BCUT2D eigenvalue weighted by molar-refractivity contribution is 0.462. The standard InChI is InChI=1S/C20H36N2/c1-2-3-4-5-6-7-8-12-16-20(22-18-13-17-21)19-14-10-9-11-15-19/h9-11,14-15,20,22H,2-8,12-13,16-18,21H2,1H3. The summed E-state index contributed by atoms with van der Waals surface area (Å²) in [5.74, 6) is 0. The summed E-state index contributed by atoms with van der Waals surface area (Å²) in [4.78, 5) is 0. The lowest BCUT2D eigenvalue weighted by Gasteiger charge is -2.19. The van der Waals surface area contributed by atoms with E-state index in [2.05, 4.69) is 42.6 Å². The fourth-order valence-corrected chi connectivity index (χ4v) is 2.93. The van der Waals surface area contributed by atoms with E-state index in [9.17, 15) is 0 Å². The smallest absolute Gasteiger partial charge is 0.0320 e. The minimum Gasteiger partial charge on any atom is -0.330 e. The number of hydrogen-bond donors (Lipinski definition) is 2. The van der Waals surface area contributed by atoms with E-state index < -0.39 is 0 Å². The van der Waals surface area contributed by atoms with E-state index in [0.29, 0.717) is 6.04 Å². The van der Waals surface area contributed by atoms with Gasteiger partial charge in [0.1, 0.15) is 0 Å². The van der Waals surface area contributed by atoms with Crippen LogP contribution in [0.5, 0.6) is 0 Å². The van der Waals surface area contributed by atoms with Crippen LogP contribution in [0.2, 0.25) is 0 Å². The Kier molecular flexibility index (Phi) is 12.0. The number of nitrogens with one attached hydrogen (secondary N) is 1. The molecule has 0 heterocycles. The van der Waals surface area contributed by atoms with E-state index >= 15 is 0 Å². The van der Waals surface area contributed by atoms with Gasteiger partial charge in [0.2, 0.25) is 0 Å². The number of nitrogens with two attached hydrogens (primary N) is 1. The molecule has 1 rings (SSSR count). The second-order valence-corrected chi connectivity index (χ2v) is 6.32. The van der Waals surface area contributed by atoms with Gasteiger partial charge in [0.25, 0.3) is 0 Å². The molecule has 0 bridgehead atoms.